The molecule has 0 amide bonds. The summed E-state index contributed by atoms with van der Waals surface area (Å²) in [6, 6.07) is 13.7. The Labute approximate surface area is 132 Å². The van der Waals surface area contributed by atoms with Gasteiger partial charge in [0.1, 0.15) is 5.82 Å². The fourth-order valence-corrected chi connectivity index (χ4v) is 4.15. The summed E-state index contributed by atoms with van der Waals surface area (Å²) < 4.78 is 15.3. The second kappa shape index (κ2) is 4.99. The van der Waals surface area contributed by atoms with Gasteiger partial charge in [0.2, 0.25) is 0 Å². The van der Waals surface area contributed by atoms with Gasteiger partial charge in [-0.3, -0.25) is 0 Å². The standard InChI is InChI=1S/C18H15BrFN/c19-15-9-2-1-5-14(15)17-12-7-3-6-11(12)13-8-4-10-16(20)18(13)21-17/h1-6,8-12,17,21H,7H2/t11?,12?,17-/m1/s1. The Hall–Kier alpha value is -1.61. The molecule has 1 heterocycles. The summed E-state index contributed by atoms with van der Waals surface area (Å²) in [4.78, 5) is 0. The molecule has 0 aromatic heterocycles. The summed E-state index contributed by atoms with van der Waals surface area (Å²) in [5.74, 6) is 0.579. The second-order valence-corrected chi connectivity index (χ2v) is 6.56. The number of benzene rings is 2. The average molecular weight is 344 g/mol. The maximum atomic E-state index is 14.2. The molecule has 0 bridgehead atoms. The van der Waals surface area contributed by atoms with Crippen LogP contribution in [0.1, 0.15) is 29.5 Å². The van der Waals surface area contributed by atoms with Crippen molar-refractivity contribution in [2.24, 2.45) is 5.92 Å². The number of rotatable bonds is 1. The molecule has 0 saturated heterocycles. The van der Waals surface area contributed by atoms with Gasteiger partial charge in [-0.25, -0.2) is 4.39 Å². The number of hydrogen-bond acceptors (Lipinski definition) is 1. The van der Waals surface area contributed by atoms with E-state index in [2.05, 4.69) is 39.5 Å². The summed E-state index contributed by atoms with van der Waals surface area (Å²) >= 11 is 3.63. The fraction of sp³-hybridized carbons (Fsp3) is 0.222. The van der Waals surface area contributed by atoms with Crippen LogP contribution < -0.4 is 5.32 Å². The van der Waals surface area contributed by atoms with Crippen LogP contribution in [0.5, 0.6) is 0 Å². The Morgan fingerprint density at radius 3 is 2.71 bits per heavy atom. The molecule has 2 unspecified atom stereocenters. The molecule has 1 N–H and O–H groups in total. The molecule has 3 heteroatoms. The van der Waals surface area contributed by atoms with Crippen molar-refractivity contribution in [3.8, 4) is 0 Å². The molecular formula is C18H15BrFN. The minimum absolute atomic E-state index is 0.130. The first-order chi connectivity index (χ1) is 10.3. The highest BCUT2D eigenvalue weighted by atomic mass is 79.9. The lowest BCUT2D eigenvalue weighted by Gasteiger charge is -2.38. The molecule has 2 aliphatic rings. The van der Waals surface area contributed by atoms with Crippen molar-refractivity contribution in [3.63, 3.8) is 0 Å². The van der Waals surface area contributed by atoms with Crippen molar-refractivity contribution in [1.82, 2.24) is 0 Å². The van der Waals surface area contributed by atoms with Gasteiger partial charge in [0.15, 0.2) is 0 Å². The number of nitrogens with one attached hydrogen (secondary N) is 1. The third-order valence-electron chi connectivity index (χ3n) is 4.59. The van der Waals surface area contributed by atoms with Gasteiger partial charge in [-0.05, 0) is 35.6 Å². The number of anilines is 1. The van der Waals surface area contributed by atoms with Crippen LogP contribution in [0.2, 0.25) is 0 Å². The summed E-state index contributed by atoms with van der Waals surface area (Å²) in [5.41, 5.74) is 2.94. The molecule has 2 aromatic rings. The van der Waals surface area contributed by atoms with E-state index in [4.69, 9.17) is 0 Å². The van der Waals surface area contributed by atoms with Gasteiger partial charge in [-0.1, -0.05) is 58.4 Å². The monoisotopic (exact) mass is 343 g/mol. The Morgan fingerprint density at radius 1 is 1.05 bits per heavy atom. The average Bonchev–Trinajstić information content (AvgIpc) is 2.97. The van der Waals surface area contributed by atoms with Gasteiger partial charge in [0.05, 0.1) is 11.7 Å². The maximum absolute atomic E-state index is 14.2. The van der Waals surface area contributed by atoms with Crippen molar-refractivity contribution >= 4 is 21.6 Å². The third kappa shape index (κ3) is 2.03. The van der Waals surface area contributed by atoms with E-state index in [1.165, 1.54) is 11.6 Å². The molecule has 1 aliphatic carbocycles. The van der Waals surface area contributed by atoms with Crippen LogP contribution >= 0.6 is 15.9 Å². The zero-order valence-corrected chi connectivity index (χ0v) is 13.0. The molecule has 0 spiro atoms. The quantitative estimate of drug-likeness (QED) is 0.682. The molecule has 4 rings (SSSR count). The Balaban J connectivity index is 1.85. The van der Waals surface area contributed by atoms with Gasteiger partial charge in [-0.2, -0.15) is 0 Å². The van der Waals surface area contributed by atoms with Gasteiger partial charge in [0.25, 0.3) is 0 Å². The van der Waals surface area contributed by atoms with E-state index in [-0.39, 0.29) is 11.9 Å². The Bertz CT molecular complexity index is 725. The molecule has 3 atom stereocenters. The maximum Gasteiger partial charge on any atom is 0.146 e. The zero-order chi connectivity index (χ0) is 14.4. The van der Waals surface area contributed by atoms with E-state index in [9.17, 15) is 4.39 Å². The van der Waals surface area contributed by atoms with E-state index >= 15 is 0 Å². The van der Waals surface area contributed by atoms with Crippen molar-refractivity contribution in [2.45, 2.75) is 18.4 Å². The molecule has 21 heavy (non-hydrogen) atoms. The lowest BCUT2D eigenvalue weighted by atomic mass is 9.77. The molecule has 0 radical (unpaired) electrons. The van der Waals surface area contributed by atoms with Crippen LogP contribution in [0.25, 0.3) is 0 Å². The van der Waals surface area contributed by atoms with Crippen molar-refractivity contribution in [2.75, 3.05) is 5.32 Å². The SMILES string of the molecule is Fc1cccc2c1N[C@@H](c1ccccc1Br)C1CC=CC21. The number of para-hydroxylation sites is 1. The number of hydrogen-bond donors (Lipinski definition) is 1. The number of fused-ring (bicyclic) bond motifs is 3. The lowest BCUT2D eigenvalue weighted by Crippen LogP contribution is -2.29. The smallest absolute Gasteiger partial charge is 0.146 e. The van der Waals surface area contributed by atoms with Gasteiger partial charge in [0, 0.05) is 10.4 Å². The minimum Gasteiger partial charge on any atom is -0.375 e. The Morgan fingerprint density at radius 2 is 1.86 bits per heavy atom. The topological polar surface area (TPSA) is 12.0 Å². The van der Waals surface area contributed by atoms with Crippen LogP contribution in [0.3, 0.4) is 0 Å². The van der Waals surface area contributed by atoms with Crippen molar-refractivity contribution in [1.29, 1.82) is 0 Å². The van der Waals surface area contributed by atoms with E-state index < -0.39 is 0 Å². The van der Waals surface area contributed by atoms with E-state index in [0.717, 1.165) is 16.5 Å². The van der Waals surface area contributed by atoms with E-state index in [1.54, 1.807) is 6.07 Å². The summed E-state index contributed by atoms with van der Waals surface area (Å²) in [6.45, 7) is 0. The van der Waals surface area contributed by atoms with E-state index in [1.807, 2.05) is 24.3 Å². The number of halogens is 2. The highest BCUT2D eigenvalue weighted by Crippen LogP contribution is 2.51. The first kappa shape index (κ1) is 13.1. The molecule has 0 saturated carbocycles. The molecule has 2 aromatic carbocycles. The first-order valence-electron chi connectivity index (χ1n) is 7.22. The highest BCUT2D eigenvalue weighted by Gasteiger charge is 2.39. The molecular weight excluding hydrogens is 329 g/mol. The Kier molecular flexibility index (Phi) is 3.11. The highest BCUT2D eigenvalue weighted by molar-refractivity contribution is 9.10. The van der Waals surface area contributed by atoms with Crippen LogP contribution in [0, 0.1) is 11.7 Å². The first-order valence-corrected chi connectivity index (χ1v) is 8.01. The number of allylic oxidation sites excluding steroid dienone is 2. The molecule has 106 valence electrons. The normalized spacial score (nSPS) is 26.1. The zero-order valence-electron chi connectivity index (χ0n) is 11.4. The van der Waals surface area contributed by atoms with Crippen LogP contribution in [-0.2, 0) is 0 Å². The minimum atomic E-state index is -0.164. The molecule has 1 aliphatic heterocycles. The summed E-state index contributed by atoms with van der Waals surface area (Å²) in [6.07, 6.45) is 5.48. The second-order valence-electron chi connectivity index (χ2n) is 5.70. The third-order valence-corrected chi connectivity index (χ3v) is 5.31. The lowest BCUT2D eigenvalue weighted by molar-refractivity contribution is 0.420. The van der Waals surface area contributed by atoms with E-state index in [0.29, 0.717) is 17.5 Å². The largest absolute Gasteiger partial charge is 0.375 e. The molecule has 0 fully saturated rings. The van der Waals surface area contributed by atoms with Gasteiger partial charge in [-0.15, -0.1) is 0 Å². The fourth-order valence-electron chi connectivity index (χ4n) is 3.62. The summed E-state index contributed by atoms with van der Waals surface area (Å²) in [7, 11) is 0. The molecule has 1 nitrogen and oxygen atoms in total. The summed E-state index contributed by atoms with van der Waals surface area (Å²) in [5, 5.41) is 3.45. The van der Waals surface area contributed by atoms with Crippen molar-refractivity contribution < 1.29 is 4.39 Å². The van der Waals surface area contributed by atoms with Crippen LogP contribution in [0.4, 0.5) is 10.1 Å². The van der Waals surface area contributed by atoms with Crippen LogP contribution in [0.15, 0.2) is 59.1 Å². The van der Waals surface area contributed by atoms with Crippen molar-refractivity contribution in [3.05, 3.63) is 76.0 Å². The predicted octanol–water partition coefficient (Wildman–Crippen LogP) is 5.41. The van der Waals surface area contributed by atoms with Gasteiger partial charge < -0.3 is 5.32 Å². The predicted molar refractivity (Wildman–Crippen MR) is 86.9 cm³/mol. The van der Waals surface area contributed by atoms with Gasteiger partial charge >= 0.3 is 0 Å². The van der Waals surface area contributed by atoms with Crippen LogP contribution in [-0.4, -0.2) is 0 Å².